The number of hydrogen-bond acceptors (Lipinski definition) is 4. The predicted molar refractivity (Wildman–Crippen MR) is 102 cm³/mol. The van der Waals surface area contributed by atoms with Crippen molar-refractivity contribution in [3.8, 4) is 5.75 Å². The van der Waals surface area contributed by atoms with E-state index < -0.39 is 12.0 Å². The summed E-state index contributed by atoms with van der Waals surface area (Å²) in [4.78, 5) is 35.8. The van der Waals surface area contributed by atoms with Gasteiger partial charge in [-0.1, -0.05) is 30.3 Å². The molecule has 1 aliphatic rings. The SMILES string of the molecule is CC(=O)N/C(=C\c1ccccc1)C(=O)Nc1ccc2c(c1)NC(=O)C(C)O2. The van der Waals surface area contributed by atoms with Gasteiger partial charge in [-0.3, -0.25) is 14.4 Å². The molecule has 2 aromatic carbocycles. The Balaban J connectivity index is 1.82. The van der Waals surface area contributed by atoms with E-state index in [-0.39, 0.29) is 17.5 Å². The summed E-state index contributed by atoms with van der Waals surface area (Å²) in [6.45, 7) is 2.99. The summed E-state index contributed by atoms with van der Waals surface area (Å²) in [5, 5.41) is 7.98. The molecule has 2 aromatic rings. The number of amides is 3. The Labute approximate surface area is 156 Å². The number of hydrogen-bond donors (Lipinski definition) is 3. The fourth-order valence-corrected chi connectivity index (χ4v) is 2.55. The molecule has 0 saturated carbocycles. The van der Waals surface area contributed by atoms with Crippen LogP contribution >= 0.6 is 0 Å². The first-order chi connectivity index (χ1) is 12.9. The van der Waals surface area contributed by atoms with Crippen molar-refractivity contribution in [1.29, 1.82) is 0 Å². The van der Waals surface area contributed by atoms with E-state index in [1.165, 1.54) is 6.92 Å². The van der Waals surface area contributed by atoms with E-state index in [9.17, 15) is 14.4 Å². The molecular weight excluding hydrogens is 346 g/mol. The maximum absolute atomic E-state index is 12.6. The van der Waals surface area contributed by atoms with Crippen molar-refractivity contribution in [2.75, 3.05) is 10.6 Å². The zero-order valence-corrected chi connectivity index (χ0v) is 14.9. The highest BCUT2D eigenvalue weighted by Crippen LogP contribution is 2.32. The summed E-state index contributed by atoms with van der Waals surface area (Å²) >= 11 is 0. The lowest BCUT2D eigenvalue weighted by Gasteiger charge is -2.23. The van der Waals surface area contributed by atoms with Crippen LogP contribution in [-0.2, 0) is 14.4 Å². The first kappa shape index (κ1) is 18.2. The highest BCUT2D eigenvalue weighted by Gasteiger charge is 2.23. The molecule has 3 rings (SSSR count). The van der Waals surface area contributed by atoms with Crippen molar-refractivity contribution >= 4 is 35.2 Å². The molecule has 7 heteroatoms. The van der Waals surface area contributed by atoms with Gasteiger partial charge in [0.1, 0.15) is 11.4 Å². The Morgan fingerprint density at radius 1 is 1.15 bits per heavy atom. The van der Waals surface area contributed by atoms with Crippen LogP contribution < -0.4 is 20.7 Å². The smallest absolute Gasteiger partial charge is 0.272 e. The van der Waals surface area contributed by atoms with Gasteiger partial charge in [-0.25, -0.2) is 0 Å². The van der Waals surface area contributed by atoms with E-state index in [4.69, 9.17) is 4.74 Å². The minimum absolute atomic E-state index is 0.111. The molecule has 3 N–H and O–H groups in total. The van der Waals surface area contributed by atoms with Gasteiger partial charge < -0.3 is 20.7 Å². The van der Waals surface area contributed by atoms with Crippen molar-refractivity contribution in [3.05, 3.63) is 59.8 Å². The van der Waals surface area contributed by atoms with Gasteiger partial charge in [0.2, 0.25) is 5.91 Å². The van der Waals surface area contributed by atoms with E-state index in [0.29, 0.717) is 17.1 Å². The monoisotopic (exact) mass is 365 g/mol. The van der Waals surface area contributed by atoms with Crippen LogP contribution in [0.25, 0.3) is 6.08 Å². The second-order valence-corrected chi connectivity index (χ2v) is 6.06. The number of carbonyl (C=O) groups is 3. The number of fused-ring (bicyclic) bond motifs is 1. The highest BCUT2D eigenvalue weighted by atomic mass is 16.5. The molecule has 0 radical (unpaired) electrons. The zero-order chi connectivity index (χ0) is 19.4. The number of benzene rings is 2. The largest absolute Gasteiger partial charge is 0.479 e. The summed E-state index contributed by atoms with van der Waals surface area (Å²) < 4.78 is 5.49. The third kappa shape index (κ3) is 4.52. The summed E-state index contributed by atoms with van der Waals surface area (Å²) in [5.74, 6) is -0.561. The van der Waals surface area contributed by atoms with Crippen molar-refractivity contribution in [2.45, 2.75) is 20.0 Å². The third-order valence-electron chi connectivity index (χ3n) is 3.83. The van der Waals surface area contributed by atoms with Crippen LogP contribution in [0.1, 0.15) is 19.4 Å². The molecule has 1 heterocycles. The second kappa shape index (κ2) is 7.74. The molecule has 1 atom stereocenters. The molecule has 138 valence electrons. The van der Waals surface area contributed by atoms with E-state index in [1.807, 2.05) is 30.3 Å². The Morgan fingerprint density at radius 3 is 2.59 bits per heavy atom. The van der Waals surface area contributed by atoms with Crippen LogP contribution in [0.5, 0.6) is 5.75 Å². The summed E-state index contributed by atoms with van der Waals surface area (Å²) in [7, 11) is 0. The number of rotatable bonds is 4. The molecular formula is C20H19N3O4. The van der Waals surface area contributed by atoms with Gasteiger partial charge in [-0.2, -0.15) is 0 Å². The lowest BCUT2D eigenvalue weighted by Crippen LogP contribution is -2.34. The van der Waals surface area contributed by atoms with E-state index in [0.717, 1.165) is 5.56 Å². The van der Waals surface area contributed by atoms with Gasteiger partial charge >= 0.3 is 0 Å². The van der Waals surface area contributed by atoms with Crippen LogP contribution in [0, 0.1) is 0 Å². The molecule has 27 heavy (non-hydrogen) atoms. The normalized spacial score (nSPS) is 15.9. The maximum Gasteiger partial charge on any atom is 0.272 e. The molecule has 0 fully saturated rings. The standard InChI is InChI=1S/C20H19N3O4/c1-12-19(25)23-16-11-15(8-9-18(16)27-12)22-20(26)17(21-13(2)24)10-14-6-4-3-5-7-14/h3-12H,1-2H3,(H,21,24)(H,22,26)(H,23,25)/b17-10-. The van der Waals surface area contributed by atoms with Gasteiger partial charge in [-0.15, -0.1) is 0 Å². The van der Waals surface area contributed by atoms with Crippen molar-refractivity contribution in [2.24, 2.45) is 0 Å². The average molecular weight is 365 g/mol. The Morgan fingerprint density at radius 2 is 1.89 bits per heavy atom. The van der Waals surface area contributed by atoms with Crippen LogP contribution in [0.15, 0.2) is 54.2 Å². The molecule has 0 aromatic heterocycles. The molecule has 0 bridgehead atoms. The highest BCUT2D eigenvalue weighted by molar-refractivity contribution is 6.09. The van der Waals surface area contributed by atoms with E-state index in [1.54, 1.807) is 31.2 Å². The van der Waals surface area contributed by atoms with Crippen molar-refractivity contribution in [1.82, 2.24) is 5.32 Å². The molecule has 3 amide bonds. The average Bonchev–Trinajstić information content (AvgIpc) is 2.63. The van der Waals surface area contributed by atoms with E-state index in [2.05, 4.69) is 16.0 Å². The minimum atomic E-state index is -0.571. The Hall–Kier alpha value is -3.61. The quantitative estimate of drug-likeness (QED) is 0.726. The van der Waals surface area contributed by atoms with E-state index >= 15 is 0 Å². The molecule has 1 aliphatic heterocycles. The maximum atomic E-state index is 12.6. The Kier molecular flexibility index (Phi) is 5.21. The predicted octanol–water partition coefficient (Wildman–Crippen LogP) is 2.52. The third-order valence-corrected chi connectivity index (χ3v) is 3.83. The van der Waals surface area contributed by atoms with Crippen molar-refractivity contribution < 1.29 is 19.1 Å². The van der Waals surface area contributed by atoms with Gasteiger partial charge in [0, 0.05) is 12.6 Å². The van der Waals surface area contributed by atoms with Gasteiger partial charge in [0.15, 0.2) is 6.10 Å². The minimum Gasteiger partial charge on any atom is -0.479 e. The lowest BCUT2D eigenvalue weighted by atomic mass is 10.1. The van der Waals surface area contributed by atoms with Gasteiger partial charge in [-0.05, 0) is 36.8 Å². The van der Waals surface area contributed by atoms with Crippen molar-refractivity contribution in [3.63, 3.8) is 0 Å². The summed E-state index contributed by atoms with van der Waals surface area (Å²) in [6, 6.07) is 14.1. The summed E-state index contributed by atoms with van der Waals surface area (Å²) in [5.41, 5.74) is 1.82. The van der Waals surface area contributed by atoms with Crippen LogP contribution in [-0.4, -0.2) is 23.8 Å². The molecule has 0 aliphatic carbocycles. The van der Waals surface area contributed by atoms with Crippen LogP contribution in [0.4, 0.5) is 11.4 Å². The topological polar surface area (TPSA) is 96.5 Å². The second-order valence-electron chi connectivity index (χ2n) is 6.06. The first-order valence-corrected chi connectivity index (χ1v) is 8.39. The molecule has 0 spiro atoms. The molecule has 0 saturated heterocycles. The Bertz CT molecular complexity index is 922. The first-order valence-electron chi connectivity index (χ1n) is 8.39. The number of ether oxygens (including phenoxy) is 1. The van der Waals surface area contributed by atoms with Crippen LogP contribution in [0.2, 0.25) is 0 Å². The fourth-order valence-electron chi connectivity index (χ4n) is 2.55. The summed E-state index contributed by atoms with van der Waals surface area (Å²) in [6.07, 6.45) is 1.01. The zero-order valence-electron chi connectivity index (χ0n) is 14.9. The van der Waals surface area contributed by atoms with Gasteiger partial charge in [0.05, 0.1) is 5.69 Å². The lowest BCUT2D eigenvalue weighted by molar-refractivity contribution is -0.122. The molecule has 7 nitrogen and oxygen atoms in total. The number of carbonyl (C=O) groups excluding carboxylic acids is 3. The van der Waals surface area contributed by atoms with Gasteiger partial charge in [0.25, 0.3) is 11.8 Å². The fraction of sp³-hybridized carbons (Fsp3) is 0.150. The number of nitrogens with one attached hydrogen (secondary N) is 3. The molecule has 1 unspecified atom stereocenters. The number of anilines is 2. The van der Waals surface area contributed by atoms with Crippen LogP contribution in [0.3, 0.4) is 0 Å².